The second-order valence-electron chi connectivity index (χ2n) is 6.15. The number of sulfonamides is 1. The number of amides is 1. The minimum absolute atomic E-state index is 0.0486. The van der Waals surface area contributed by atoms with Crippen LogP contribution in [0.4, 0.5) is 5.69 Å². The maximum Gasteiger partial charge on any atom is 0.224 e. The van der Waals surface area contributed by atoms with E-state index in [1.165, 1.54) is 4.31 Å². The molecule has 1 aromatic carbocycles. The standard InChI is InChI=1S/C17H27N3O3S/c1-3-24(22,23)20-12-7-8-15(14-20)17(21)18-11-13-19(2)16-9-5-4-6-10-16/h4-6,9-10,15H,3,7-8,11-14H2,1-2H3,(H,18,21)/t15-/m1/s1. The van der Waals surface area contributed by atoms with Gasteiger partial charge in [0.15, 0.2) is 0 Å². The molecular weight excluding hydrogens is 326 g/mol. The fourth-order valence-corrected chi connectivity index (χ4v) is 4.07. The highest BCUT2D eigenvalue weighted by molar-refractivity contribution is 7.89. The number of benzene rings is 1. The Morgan fingerprint density at radius 2 is 2.04 bits per heavy atom. The predicted octanol–water partition coefficient (Wildman–Crippen LogP) is 1.30. The summed E-state index contributed by atoms with van der Waals surface area (Å²) in [5, 5.41) is 2.94. The minimum Gasteiger partial charge on any atom is -0.373 e. The smallest absolute Gasteiger partial charge is 0.224 e. The molecule has 0 aromatic heterocycles. The number of nitrogens with one attached hydrogen (secondary N) is 1. The summed E-state index contributed by atoms with van der Waals surface area (Å²) in [6.07, 6.45) is 1.48. The monoisotopic (exact) mass is 353 g/mol. The number of nitrogens with zero attached hydrogens (tertiary/aromatic N) is 2. The summed E-state index contributed by atoms with van der Waals surface area (Å²) in [7, 11) is -1.23. The second kappa shape index (κ2) is 8.48. The van der Waals surface area contributed by atoms with Crippen LogP contribution in [-0.2, 0) is 14.8 Å². The molecule has 1 amide bonds. The van der Waals surface area contributed by atoms with Crippen LogP contribution in [-0.4, -0.2) is 57.6 Å². The lowest BCUT2D eigenvalue weighted by atomic mass is 9.99. The Hall–Kier alpha value is -1.60. The van der Waals surface area contributed by atoms with Gasteiger partial charge in [-0.3, -0.25) is 4.79 Å². The van der Waals surface area contributed by atoms with Crippen LogP contribution >= 0.6 is 0 Å². The minimum atomic E-state index is -3.21. The van der Waals surface area contributed by atoms with E-state index in [4.69, 9.17) is 0 Å². The van der Waals surface area contributed by atoms with Gasteiger partial charge in [-0.05, 0) is 31.9 Å². The molecule has 1 saturated heterocycles. The zero-order chi connectivity index (χ0) is 17.6. The highest BCUT2D eigenvalue weighted by Gasteiger charge is 2.31. The Kier molecular flexibility index (Phi) is 6.62. The van der Waals surface area contributed by atoms with Crippen LogP contribution < -0.4 is 10.2 Å². The normalized spacial score (nSPS) is 19.0. The third-order valence-corrected chi connectivity index (χ3v) is 6.30. The van der Waals surface area contributed by atoms with E-state index in [0.29, 0.717) is 26.2 Å². The molecule has 1 N–H and O–H groups in total. The molecule has 0 spiro atoms. The van der Waals surface area contributed by atoms with E-state index in [1.54, 1.807) is 6.92 Å². The predicted molar refractivity (Wildman–Crippen MR) is 96.5 cm³/mol. The number of para-hydroxylation sites is 1. The van der Waals surface area contributed by atoms with Crippen LogP contribution in [0.2, 0.25) is 0 Å². The number of carbonyl (C=O) groups is 1. The molecule has 1 aromatic rings. The van der Waals surface area contributed by atoms with Gasteiger partial charge in [0.2, 0.25) is 15.9 Å². The van der Waals surface area contributed by atoms with Gasteiger partial charge in [-0.15, -0.1) is 0 Å². The lowest BCUT2D eigenvalue weighted by Gasteiger charge is -2.31. The van der Waals surface area contributed by atoms with Crippen LogP contribution in [0.25, 0.3) is 0 Å². The Morgan fingerprint density at radius 1 is 1.33 bits per heavy atom. The third kappa shape index (κ3) is 4.95. The van der Waals surface area contributed by atoms with Crippen LogP contribution in [0.5, 0.6) is 0 Å². The molecule has 1 fully saturated rings. The van der Waals surface area contributed by atoms with E-state index in [0.717, 1.165) is 18.5 Å². The summed E-state index contributed by atoms with van der Waals surface area (Å²) in [5.41, 5.74) is 1.10. The summed E-state index contributed by atoms with van der Waals surface area (Å²) < 4.78 is 25.4. The molecule has 0 radical (unpaired) electrons. The highest BCUT2D eigenvalue weighted by Crippen LogP contribution is 2.19. The van der Waals surface area contributed by atoms with Crippen molar-refractivity contribution in [3.05, 3.63) is 30.3 Å². The fourth-order valence-electron chi connectivity index (χ4n) is 2.89. The molecule has 6 nitrogen and oxygen atoms in total. The summed E-state index contributed by atoms with van der Waals surface area (Å²) in [5.74, 6) is -0.210. The van der Waals surface area contributed by atoms with Gasteiger partial charge in [0.05, 0.1) is 11.7 Å². The number of anilines is 1. The largest absolute Gasteiger partial charge is 0.373 e. The van der Waals surface area contributed by atoms with Crippen molar-refractivity contribution in [3.63, 3.8) is 0 Å². The molecule has 0 aliphatic carbocycles. The van der Waals surface area contributed by atoms with Gasteiger partial charge in [-0.2, -0.15) is 0 Å². The van der Waals surface area contributed by atoms with Gasteiger partial charge in [0.1, 0.15) is 0 Å². The van der Waals surface area contributed by atoms with Crippen LogP contribution in [0.3, 0.4) is 0 Å². The first-order chi connectivity index (χ1) is 11.4. The number of likely N-dealkylation sites (N-methyl/N-ethyl adjacent to an activating group) is 1. The number of hydrogen-bond donors (Lipinski definition) is 1. The second-order valence-corrected chi connectivity index (χ2v) is 8.40. The number of hydrogen-bond acceptors (Lipinski definition) is 4. The average Bonchev–Trinajstić information content (AvgIpc) is 2.62. The van der Waals surface area contributed by atoms with E-state index >= 15 is 0 Å². The SMILES string of the molecule is CCS(=O)(=O)N1CCC[C@@H](C(=O)NCCN(C)c2ccccc2)C1. The average molecular weight is 353 g/mol. The summed E-state index contributed by atoms with van der Waals surface area (Å²) in [6.45, 7) is 3.71. The Morgan fingerprint density at radius 3 is 2.71 bits per heavy atom. The molecule has 1 atom stereocenters. The molecule has 1 aliphatic rings. The zero-order valence-corrected chi connectivity index (χ0v) is 15.3. The van der Waals surface area contributed by atoms with Gasteiger partial charge in [0, 0.05) is 38.9 Å². The molecule has 1 heterocycles. The molecule has 1 aliphatic heterocycles. The van der Waals surface area contributed by atoms with Crippen molar-refractivity contribution in [2.45, 2.75) is 19.8 Å². The lowest BCUT2D eigenvalue weighted by Crippen LogP contribution is -2.46. The maximum absolute atomic E-state index is 12.3. The van der Waals surface area contributed by atoms with E-state index in [9.17, 15) is 13.2 Å². The first-order valence-corrected chi connectivity index (χ1v) is 10.1. The molecule has 0 bridgehead atoms. The van der Waals surface area contributed by atoms with Crippen LogP contribution in [0, 0.1) is 5.92 Å². The summed E-state index contributed by atoms with van der Waals surface area (Å²) in [4.78, 5) is 14.4. The van der Waals surface area contributed by atoms with Crippen molar-refractivity contribution < 1.29 is 13.2 Å². The summed E-state index contributed by atoms with van der Waals surface area (Å²) in [6, 6.07) is 9.98. The Balaban J connectivity index is 1.80. The Labute approximate surface area is 144 Å². The maximum atomic E-state index is 12.3. The van der Waals surface area contributed by atoms with Crippen molar-refractivity contribution in [1.82, 2.24) is 9.62 Å². The fraction of sp³-hybridized carbons (Fsp3) is 0.588. The van der Waals surface area contributed by atoms with Crippen molar-refractivity contribution in [2.75, 3.05) is 43.9 Å². The van der Waals surface area contributed by atoms with E-state index in [1.807, 2.05) is 37.4 Å². The molecule has 0 saturated carbocycles. The number of piperidine rings is 1. The van der Waals surface area contributed by atoms with Crippen molar-refractivity contribution >= 4 is 21.6 Å². The number of carbonyl (C=O) groups excluding carboxylic acids is 1. The van der Waals surface area contributed by atoms with Crippen LogP contribution in [0.15, 0.2) is 30.3 Å². The quantitative estimate of drug-likeness (QED) is 0.802. The van der Waals surface area contributed by atoms with E-state index in [-0.39, 0.29) is 17.6 Å². The van der Waals surface area contributed by atoms with Gasteiger partial charge >= 0.3 is 0 Å². The molecule has 0 unspecified atom stereocenters. The third-order valence-electron chi connectivity index (χ3n) is 4.46. The van der Waals surface area contributed by atoms with Crippen molar-refractivity contribution in [1.29, 1.82) is 0 Å². The lowest BCUT2D eigenvalue weighted by molar-refractivity contribution is -0.126. The van der Waals surface area contributed by atoms with Crippen LogP contribution in [0.1, 0.15) is 19.8 Å². The first-order valence-electron chi connectivity index (χ1n) is 8.45. The van der Waals surface area contributed by atoms with Gasteiger partial charge in [-0.1, -0.05) is 18.2 Å². The highest BCUT2D eigenvalue weighted by atomic mass is 32.2. The molecule has 24 heavy (non-hydrogen) atoms. The van der Waals surface area contributed by atoms with Gasteiger partial charge in [0.25, 0.3) is 0 Å². The molecular formula is C17H27N3O3S. The van der Waals surface area contributed by atoms with Gasteiger partial charge in [-0.25, -0.2) is 12.7 Å². The Bertz CT molecular complexity index is 634. The molecule has 7 heteroatoms. The number of rotatable bonds is 7. The summed E-state index contributed by atoms with van der Waals surface area (Å²) >= 11 is 0. The zero-order valence-electron chi connectivity index (χ0n) is 14.4. The van der Waals surface area contributed by atoms with E-state index in [2.05, 4.69) is 10.2 Å². The topological polar surface area (TPSA) is 69.7 Å². The first kappa shape index (κ1) is 18.7. The van der Waals surface area contributed by atoms with E-state index < -0.39 is 10.0 Å². The van der Waals surface area contributed by atoms with Crippen molar-refractivity contribution in [2.24, 2.45) is 5.92 Å². The van der Waals surface area contributed by atoms with Gasteiger partial charge < -0.3 is 10.2 Å². The van der Waals surface area contributed by atoms with Crippen molar-refractivity contribution in [3.8, 4) is 0 Å². The molecule has 2 rings (SSSR count). The molecule has 134 valence electrons.